The fourth-order valence-electron chi connectivity index (χ4n) is 2.92. The molecular weight excluding hydrogens is 314 g/mol. The number of piperazine rings is 1. The van der Waals surface area contributed by atoms with Crippen molar-refractivity contribution in [2.75, 3.05) is 37.6 Å². The summed E-state index contributed by atoms with van der Waals surface area (Å²) in [5.74, 6) is -0.139. The van der Waals surface area contributed by atoms with Gasteiger partial charge < -0.3 is 15.3 Å². The van der Waals surface area contributed by atoms with E-state index in [1.54, 1.807) is 0 Å². The summed E-state index contributed by atoms with van der Waals surface area (Å²) in [5, 5.41) is 12.8. The van der Waals surface area contributed by atoms with E-state index in [1.165, 1.54) is 0 Å². The normalized spacial score (nSPS) is 17.6. The number of anilines is 1. The Morgan fingerprint density at radius 2 is 1.68 bits per heavy atom. The third kappa shape index (κ3) is 5.44. The van der Waals surface area contributed by atoms with Crippen LogP contribution in [0.4, 0.5) is 5.69 Å². The van der Waals surface area contributed by atoms with Gasteiger partial charge in [-0.05, 0) is 43.5 Å². The number of amides is 1. The maximum absolute atomic E-state index is 12.2. The molecule has 1 unspecified atom stereocenters. The average Bonchev–Trinajstić information content (AvgIpc) is 2.58. The number of nitrogens with one attached hydrogen (secondary N) is 1. The number of hydrogen-bond acceptors (Lipinski definition) is 4. The Morgan fingerprint density at radius 3 is 2.16 bits per heavy atom. The molecule has 1 amide bonds. The highest BCUT2D eigenvalue weighted by Gasteiger charge is 2.23. The van der Waals surface area contributed by atoms with E-state index in [9.17, 15) is 9.90 Å². The monoisotopic (exact) mass is 347 g/mol. The molecule has 5 nitrogen and oxygen atoms in total. The lowest BCUT2D eigenvalue weighted by Gasteiger charge is -2.38. The maximum atomic E-state index is 12.2. The Kier molecular flexibility index (Phi) is 6.47. The van der Waals surface area contributed by atoms with Crippen LogP contribution in [-0.2, 0) is 0 Å². The van der Waals surface area contributed by atoms with Gasteiger partial charge in [0.1, 0.15) is 0 Å². The Labute approximate surface area is 152 Å². The van der Waals surface area contributed by atoms with Crippen LogP contribution in [0.2, 0.25) is 0 Å². The highest BCUT2D eigenvalue weighted by Crippen LogP contribution is 2.19. The summed E-state index contributed by atoms with van der Waals surface area (Å²) < 4.78 is 0. The molecule has 1 aliphatic heterocycles. The van der Waals surface area contributed by atoms with Crippen LogP contribution in [0, 0.1) is 5.41 Å². The van der Waals surface area contributed by atoms with Gasteiger partial charge in [0.2, 0.25) is 0 Å². The molecule has 140 valence electrons. The lowest BCUT2D eigenvalue weighted by Crippen LogP contribution is -2.48. The molecule has 0 saturated carbocycles. The second kappa shape index (κ2) is 8.19. The highest BCUT2D eigenvalue weighted by atomic mass is 16.3. The van der Waals surface area contributed by atoms with Crippen molar-refractivity contribution in [1.29, 1.82) is 0 Å². The fourth-order valence-corrected chi connectivity index (χ4v) is 2.92. The van der Waals surface area contributed by atoms with Gasteiger partial charge in [0.15, 0.2) is 0 Å². The van der Waals surface area contributed by atoms with Crippen molar-refractivity contribution in [3.63, 3.8) is 0 Å². The van der Waals surface area contributed by atoms with Gasteiger partial charge in [-0.25, -0.2) is 0 Å². The molecule has 0 radical (unpaired) electrons. The van der Waals surface area contributed by atoms with Crippen molar-refractivity contribution in [3.8, 4) is 0 Å². The minimum absolute atomic E-state index is 0.139. The summed E-state index contributed by atoms with van der Waals surface area (Å²) in [7, 11) is 0. The van der Waals surface area contributed by atoms with Crippen molar-refractivity contribution in [2.45, 2.75) is 46.8 Å². The van der Waals surface area contributed by atoms with Crippen LogP contribution in [0.5, 0.6) is 0 Å². The van der Waals surface area contributed by atoms with Crippen LogP contribution in [-0.4, -0.2) is 60.8 Å². The summed E-state index contributed by atoms with van der Waals surface area (Å²) in [6.45, 7) is 14.8. The van der Waals surface area contributed by atoms with Gasteiger partial charge in [-0.15, -0.1) is 0 Å². The molecule has 2 N–H and O–H groups in total. The van der Waals surface area contributed by atoms with Crippen LogP contribution in [0.15, 0.2) is 24.3 Å². The number of aliphatic hydroxyl groups excluding tert-OH is 1. The van der Waals surface area contributed by atoms with E-state index >= 15 is 0 Å². The molecular formula is C20H33N3O2. The SMILES string of the molecule is CC(C)N1CCN(c2ccc(C(=O)NCC(O)C(C)(C)C)cc2)CC1. The van der Waals surface area contributed by atoms with Crippen LogP contribution in [0.1, 0.15) is 45.0 Å². The predicted octanol–water partition coefficient (Wildman–Crippen LogP) is 2.35. The summed E-state index contributed by atoms with van der Waals surface area (Å²) in [6, 6.07) is 8.35. The first-order chi connectivity index (χ1) is 11.7. The lowest BCUT2D eigenvalue weighted by atomic mass is 9.89. The fraction of sp³-hybridized carbons (Fsp3) is 0.650. The van der Waals surface area contributed by atoms with Crippen LogP contribution < -0.4 is 10.2 Å². The molecule has 0 bridgehead atoms. The predicted molar refractivity (Wildman–Crippen MR) is 103 cm³/mol. The Hall–Kier alpha value is -1.59. The van der Waals surface area contributed by atoms with Gasteiger partial charge in [0.05, 0.1) is 6.10 Å². The van der Waals surface area contributed by atoms with Crippen molar-refractivity contribution in [3.05, 3.63) is 29.8 Å². The summed E-state index contributed by atoms with van der Waals surface area (Å²) in [4.78, 5) is 17.1. The standard InChI is InChI=1S/C20H33N3O2/c1-15(2)22-10-12-23(13-11-22)17-8-6-16(7-9-17)19(25)21-14-18(24)20(3,4)5/h6-9,15,18,24H,10-14H2,1-5H3,(H,21,25). The zero-order valence-corrected chi connectivity index (χ0v) is 16.2. The van der Waals surface area contributed by atoms with Crippen molar-refractivity contribution >= 4 is 11.6 Å². The summed E-state index contributed by atoms with van der Waals surface area (Å²) in [5.41, 5.74) is 1.55. The molecule has 1 aromatic rings. The van der Waals surface area contributed by atoms with Crippen molar-refractivity contribution in [2.24, 2.45) is 5.41 Å². The number of aliphatic hydroxyl groups is 1. The lowest BCUT2D eigenvalue weighted by molar-refractivity contribution is 0.0587. The first-order valence-corrected chi connectivity index (χ1v) is 9.24. The van der Waals surface area contributed by atoms with Gasteiger partial charge in [0.25, 0.3) is 5.91 Å². The Morgan fingerprint density at radius 1 is 1.12 bits per heavy atom. The van der Waals surface area contributed by atoms with Gasteiger partial charge in [-0.2, -0.15) is 0 Å². The van der Waals surface area contributed by atoms with E-state index in [0.717, 1.165) is 31.9 Å². The Bertz CT molecular complexity index is 555. The molecule has 1 aliphatic rings. The van der Waals surface area contributed by atoms with E-state index in [-0.39, 0.29) is 17.9 Å². The van der Waals surface area contributed by atoms with Crippen molar-refractivity contribution < 1.29 is 9.90 Å². The number of nitrogens with zero attached hydrogens (tertiary/aromatic N) is 2. The smallest absolute Gasteiger partial charge is 0.251 e. The van der Waals surface area contributed by atoms with E-state index in [0.29, 0.717) is 11.6 Å². The van der Waals surface area contributed by atoms with E-state index < -0.39 is 6.10 Å². The molecule has 0 aromatic heterocycles. The molecule has 0 aliphatic carbocycles. The van der Waals surface area contributed by atoms with E-state index in [1.807, 2.05) is 45.0 Å². The topological polar surface area (TPSA) is 55.8 Å². The number of carbonyl (C=O) groups excluding carboxylic acids is 1. The third-order valence-corrected chi connectivity index (χ3v) is 4.99. The van der Waals surface area contributed by atoms with E-state index in [4.69, 9.17) is 0 Å². The molecule has 1 heterocycles. The molecule has 1 fully saturated rings. The second-order valence-electron chi connectivity index (χ2n) is 8.26. The van der Waals surface area contributed by atoms with Gasteiger partial charge >= 0.3 is 0 Å². The minimum Gasteiger partial charge on any atom is -0.391 e. The molecule has 1 saturated heterocycles. The van der Waals surface area contributed by atoms with E-state index in [2.05, 4.69) is 29.0 Å². The third-order valence-electron chi connectivity index (χ3n) is 4.99. The molecule has 1 aromatic carbocycles. The van der Waals surface area contributed by atoms with Gasteiger partial charge in [-0.3, -0.25) is 9.69 Å². The minimum atomic E-state index is -0.562. The number of hydrogen-bond donors (Lipinski definition) is 2. The zero-order valence-electron chi connectivity index (χ0n) is 16.2. The molecule has 1 atom stereocenters. The number of carbonyl (C=O) groups is 1. The van der Waals surface area contributed by atoms with Crippen molar-refractivity contribution in [1.82, 2.24) is 10.2 Å². The van der Waals surface area contributed by atoms with Crippen LogP contribution in [0.3, 0.4) is 0 Å². The average molecular weight is 348 g/mol. The maximum Gasteiger partial charge on any atom is 0.251 e. The van der Waals surface area contributed by atoms with Crippen LogP contribution in [0.25, 0.3) is 0 Å². The largest absolute Gasteiger partial charge is 0.391 e. The molecule has 2 rings (SSSR count). The summed E-state index contributed by atoms with van der Waals surface area (Å²) >= 11 is 0. The Balaban J connectivity index is 1.88. The number of benzene rings is 1. The highest BCUT2D eigenvalue weighted by molar-refractivity contribution is 5.94. The first kappa shape index (κ1) is 19.7. The first-order valence-electron chi connectivity index (χ1n) is 9.24. The molecule has 5 heteroatoms. The van der Waals surface area contributed by atoms with Crippen LogP contribution >= 0.6 is 0 Å². The molecule has 0 spiro atoms. The molecule has 25 heavy (non-hydrogen) atoms. The quantitative estimate of drug-likeness (QED) is 0.858. The summed E-state index contributed by atoms with van der Waals surface area (Å²) in [6.07, 6.45) is -0.562. The van der Waals surface area contributed by atoms with Gasteiger partial charge in [0, 0.05) is 50.0 Å². The van der Waals surface area contributed by atoms with Gasteiger partial charge in [-0.1, -0.05) is 20.8 Å². The number of rotatable bonds is 5. The second-order valence-corrected chi connectivity index (χ2v) is 8.26. The zero-order chi connectivity index (χ0) is 18.6.